The van der Waals surface area contributed by atoms with Crippen molar-refractivity contribution in [2.75, 3.05) is 6.61 Å². The molecule has 0 spiro atoms. The van der Waals surface area contributed by atoms with Gasteiger partial charge in [0.1, 0.15) is 5.75 Å². The van der Waals surface area contributed by atoms with Gasteiger partial charge in [0, 0.05) is 6.07 Å². The summed E-state index contributed by atoms with van der Waals surface area (Å²) in [6.45, 7) is 5.17. The molecule has 2 fully saturated rings. The first-order valence-corrected chi connectivity index (χ1v) is 13.5. The summed E-state index contributed by atoms with van der Waals surface area (Å²) < 4.78 is 11.2. The molecule has 0 atom stereocenters. The number of aromatic nitrogens is 1. The van der Waals surface area contributed by atoms with Crippen molar-refractivity contribution >= 4 is 5.97 Å². The Bertz CT molecular complexity index is 643. The Morgan fingerprint density at radius 1 is 0.844 bits per heavy atom. The Morgan fingerprint density at radius 2 is 1.47 bits per heavy atom. The Kier molecular flexibility index (Phi) is 10.8. The Hall–Kier alpha value is -1.58. The molecule has 1 heterocycles. The van der Waals surface area contributed by atoms with Crippen molar-refractivity contribution in [2.45, 2.75) is 110 Å². The molecule has 0 radical (unpaired) electrons. The fourth-order valence-corrected chi connectivity index (χ4v) is 5.62. The predicted octanol–water partition coefficient (Wildman–Crippen LogP) is 7.75. The summed E-state index contributed by atoms with van der Waals surface area (Å²) >= 11 is 0. The maximum atomic E-state index is 12.6. The highest BCUT2D eigenvalue weighted by atomic mass is 16.5. The Balaban J connectivity index is 1.30. The van der Waals surface area contributed by atoms with Gasteiger partial charge in [-0.25, -0.2) is 4.98 Å². The van der Waals surface area contributed by atoms with Crippen molar-refractivity contribution in [2.24, 2.45) is 23.7 Å². The molecule has 1 aromatic heterocycles. The minimum atomic E-state index is -0.0869. The molecule has 2 aliphatic rings. The number of unbranched alkanes of at least 4 members (excludes halogenated alkanes) is 2. The highest BCUT2D eigenvalue weighted by Gasteiger charge is 2.29. The lowest BCUT2D eigenvalue weighted by atomic mass is 9.75. The Labute approximate surface area is 195 Å². The summed E-state index contributed by atoms with van der Waals surface area (Å²) in [4.78, 5) is 16.9. The van der Waals surface area contributed by atoms with Crippen LogP contribution in [-0.4, -0.2) is 17.6 Å². The fourth-order valence-electron chi connectivity index (χ4n) is 5.62. The third kappa shape index (κ3) is 8.41. The molecule has 0 bridgehead atoms. The van der Waals surface area contributed by atoms with Crippen LogP contribution in [0.2, 0.25) is 0 Å². The first kappa shape index (κ1) is 25.1. The zero-order chi connectivity index (χ0) is 22.6. The fraction of sp³-hybridized carbons (Fsp3) is 0.786. The van der Waals surface area contributed by atoms with E-state index in [0.29, 0.717) is 18.2 Å². The zero-order valence-electron chi connectivity index (χ0n) is 20.5. The molecular weight excluding hydrogens is 398 g/mol. The van der Waals surface area contributed by atoms with E-state index in [4.69, 9.17) is 9.47 Å². The van der Waals surface area contributed by atoms with Gasteiger partial charge in [-0.2, -0.15) is 0 Å². The highest BCUT2D eigenvalue weighted by molar-refractivity contribution is 5.75. The van der Waals surface area contributed by atoms with E-state index in [1.54, 1.807) is 18.3 Å². The van der Waals surface area contributed by atoms with Crippen molar-refractivity contribution in [3.8, 4) is 11.6 Å². The number of pyridine rings is 1. The topological polar surface area (TPSA) is 48.4 Å². The van der Waals surface area contributed by atoms with Crippen LogP contribution in [-0.2, 0) is 4.79 Å². The van der Waals surface area contributed by atoms with E-state index >= 15 is 0 Å². The van der Waals surface area contributed by atoms with Gasteiger partial charge in [-0.15, -0.1) is 0 Å². The number of nitrogens with zero attached hydrogens (tertiary/aromatic N) is 1. The molecule has 0 aliphatic heterocycles. The summed E-state index contributed by atoms with van der Waals surface area (Å²) in [6, 6.07) is 3.59. The van der Waals surface area contributed by atoms with Crippen LogP contribution in [0.3, 0.4) is 0 Å². The van der Waals surface area contributed by atoms with Crippen molar-refractivity contribution in [1.82, 2.24) is 4.98 Å². The van der Waals surface area contributed by atoms with Gasteiger partial charge in [-0.05, 0) is 55.9 Å². The maximum absolute atomic E-state index is 12.6. The average molecular weight is 444 g/mol. The van der Waals surface area contributed by atoms with E-state index < -0.39 is 0 Å². The second-order valence-electron chi connectivity index (χ2n) is 10.3. The molecule has 0 unspecified atom stereocenters. The summed E-state index contributed by atoms with van der Waals surface area (Å²) in [5, 5.41) is 0. The minimum absolute atomic E-state index is 0.0423. The Morgan fingerprint density at radius 3 is 2.03 bits per heavy atom. The molecule has 0 N–H and O–H groups in total. The normalized spacial score (nSPS) is 25.9. The van der Waals surface area contributed by atoms with Crippen LogP contribution >= 0.6 is 0 Å². The van der Waals surface area contributed by atoms with Crippen LogP contribution < -0.4 is 9.47 Å². The lowest BCUT2D eigenvalue weighted by Gasteiger charge is -2.31. The average Bonchev–Trinajstić information content (AvgIpc) is 2.83. The third-order valence-corrected chi connectivity index (χ3v) is 7.75. The molecule has 4 heteroatoms. The molecule has 180 valence electrons. The van der Waals surface area contributed by atoms with E-state index in [0.717, 1.165) is 43.4 Å². The number of hydrogen-bond acceptors (Lipinski definition) is 4. The molecule has 0 aromatic carbocycles. The number of esters is 1. The van der Waals surface area contributed by atoms with Gasteiger partial charge in [0.2, 0.25) is 5.88 Å². The van der Waals surface area contributed by atoms with Gasteiger partial charge in [0.25, 0.3) is 0 Å². The third-order valence-electron chi connectivity index (χ3n) is 7.75. The molecule has 1 aromatic rings. The molecule has 0 saturated heterocycles. The summed E-state index contributed by atoms with van der Waals surface area (Å²) in [5.41, 5.74) is 0. The standard InChI is InChI=1S/C28H45NO3/c1-3-5-6-20-31-27-19-18-26(21-29-27)32-28(30)25-16-14-24(15-17-25)13-12-23-10-8-22(7-4-2)9-11-23/h18-19,21-25H,3-17,20H2,1-2H3. The molecule has 4 nitrogen and oxygen atoms in total. The lowest BCUT2D eigenvalue weighted by molar-refractivity contribution is -0.140. The van der Waals surface area contributed by atoms with Crippen LogP contribution in [0.5, 0.6) is 11.6 Å². The first-order chi connectivity index (χ1) is 15.7. The molecular formula is C28H45NO3. The molecule has 2 saturated carbocycles. The van der Waals surface area contributed by atoms with Crippen molar-refractivity contribution in [1.29, 1.82) is 0 Å². The quantitative estimate of drug-likeness (QED) is 0.245. The second kappa shape index (κ2) is 13.9. The summed E-state index contributed by atoms with van der Waals surface area (Å²) in [6.07, 6.45) is 20.6. The van der Waals surface area contributed by atoms with E-state index in [9.17, 15) is 4.79 Å². The zero-order valence-corrected chi connectivity index (χ0v) is 20.5. The lowest BCUT2D eigenvalue weighted by Crippen LogP contribution is -2.26. The van der Waals surface area contributed by atoms with E-state index in [1.165, 1.54) is 70.6 Å². The molecule has 32 heavy (non-hydrogen) atoms. The van der Waals surface area contributed by atoms with Crippen molar-refractivity contribution in [3.05, 3.63) is 18.3 Å². The van der Waals surface area contributed by atoms with Gasteiger partial charge in [-0.3, -0.25) is 4.79 Å². The van der Waals surface area contributed by atoms with Crippen LogP contribution in [0.1, 0.15) is 110 Å². The molecule has 3 rings (SSSR count). The molecule has 0 amide bonds. The van der Waals surface area contributed by atoms with Crippen LogP contribution in [0, 0.1) is 23.7 Å². The number of hydrogen-bond donors (Lipinski definition) is 0. The van der Waals surface area contributed by atoms with Crippen molar-refractivity contribution in [3.63, 3.8) is 0 Å². The second-order valence-corrected chi connectivity index (χ2v) is 10.3. The predicted molar refractivity (Wildman–Crippen MR) is 130 cm³/mol. The van der Waals surface area contributed by atoms with Crippen LogP contribution in [0.4, 0.5) is 0 Å². The number of carbonyl (C=O) groups excluding carboxylic acids is 1. The van der Waals surface area contributed by atoms with E-state index in [1.807, 2.05) is 0 Å². The van der Waals surface area contributed by atoms with Crippen LogP contribution in [0.25, 0.3) is 0 Å². The first-order valence-electron chi connectivity index (χ1n) is 13.5. The summed E-state index contributed by atoms with van der Waals surface area (Å²) in [5.74, 6) is 3.84. The SMILES string of the molecule is CCCCCOc1ccc(OC(=O)C2CCC(CCC3CCC(CCC)CC3)CC2)cn1. The van der Waals surface area contributed by atoms with Gasteiger partial charge in [0.15, 0.2) is 0 Å². The van der Waals surface area contributed by atoms with Crippen molar-refractivity contribution < 1.29 is 14.3 Å². The number of rotatable bonds is 12. The van der Waals surface area contributed by atoms with Gasteiger partial charge >= 0.3 is 5.97 Å². The highest BCUT2D eigenvalue weighted by Crippen LogP contribution is 2.38. The van der Waals surface area contributed by atoms with Gasteiger partial charge < -0.3 is 9.47 Å². The largest absolute Gasteiger partial charge is 0.478 e. The van der Waals surface area contributed by atoms with E-state index in [2.05, 4.69) is 18.8 Å². The van der Waals surface area contributed by atoms with Crippen LogP contribution in [0.15, 0.2) is 18.3 Å². The number of ether oxygens (including phenoxy) is 2. The monoisotopic (exact) mass is 443 g/mol. The smallest absolute Gasteiger partial charge is 0.314 e. The van der Waals surface area contributed by atoms with Gasteiger partial charge in [-0.1, -0.05) is 78.1 Å². The van der Waals surface area contributed by atoms with Gasteiger partial charge in [0.05, 0.1) is 18.7 Å². The minimum Gasteiger partial charge on any atom is -0.478 e. The molecule has 2 aliphatic carbocycles. The maximum Gasteiger partial charge on any atom is 0.314 e. The number of carbonyl (C=O) groups is 1. The van der Waals surface area contributed by atoms with E-state index in [-0.39, 0.29) is 11.9 Å². The summed E-state index contributed by atoms with van der Waals surface area (Å²) in [7, 11) is 0.